The van der Waals surface area contributed by atoms with Crippen LogP contribution in [0, 0.1) is 5.82 Å². The number of nitrogens with zero attached hydrogens (tertiary/aromatic N) is 1. The van der Waals surface area contributed by atoms with Crippen LogP contribution < -0.4 is 10.6 Å². The molecule has 1 fully saturated rings. The maximum Gasteiger partial charge on any atom is 0.416 e. The average Bonchev–Trinajstić information content (AvgIpc) is 2.46. The number of carbonyl (C=O) groups is 1. The van der Waals surface area contributed by atoms with E-state index in [1.54, 1.807) is 0 Å². The first-order valence-electron chi connectivity index (χ1n) is 6.91. The average molecular weight is 392 g/mol. The highest BCUT2D eigenvalue weighted by Gasteiger charge is 2.33. The minimum Gasteiger partial charge on any atom is -0.351 e. The second-order valence-electron chi connectivity index (χ2n) is 5.10. The van der Waals surface area contributed by atoms with Crippen molar-refractivity contribution in [2.45, 2.75) is 12.7 Å². The molecule has 1 aliphatic rings. The van der Waals surface area contributed by atoms with Gasteiger partial charge in [0.05, 0.1) is 12.1 Å². The molecule has 0 radical (unpaired) electrons. The van der Waals surface area contributed by atoms with Gasteiger partial charge in [0.25, 0.3) is 0 Å². The van der Waals surface area contributed by atoms with E-state index < -0.39 is 17.6 Å². The van der Waals surface area contributed by atoms with E-state index in [9.17, 15) is 22.4 Å². The maximum absolute atomic E-state index is 13.0. The van der Waals surface area contributed by atoms with Gasteiger partial charge in [-0.25, -0.2) is 4.39 Å². The van der Waals surface area contributed by atoms with Crippen molar-refractivity contribution in [1.29, 1.82) is 0 Å². The molecular weight excluding hydrogens is 373 g/mol. The Morgan fingerprint density at radius 1 is 1.21 bits per heavy atom. The van der Waals surface area contributed by atoms with Gasteiger partial charge in [-0.15, -0.1) is 24.8 Å². The first-order chi connectivity index (χ1) is 10.4. The lowest BCUT2D eigenvalue weighted by Crippen LogP contribution is -2.47. The summed E-state index contributed by atoms with van der Waals surface area (Å²) < 4.78 is 51.5. The van der Waals surface area contributed by atoms with Crippen LogP contribution in [0.1, 0.15) is 11.1 Å². The number of carbonyl (C=O) groups excluding carboxylic acids is 1. The first kappa shape index (κ1) is 22.9. The number of piperazine rings is 1. The molecule has 1 heterocycles. The van der Waals surface area contributed by atoms with Crippen LogP contribution in [-0.4, -0.2) is 43.5 Å². The Kier molecular flexibility index (Phi) is 9.57. The van der Waals surface area contributed by atoms with Gasteiger partial charge in [0.1, 0.15) is 5.82 Å². The summed E-state index contributed by atoms with van der Waals surface area (Å²) in [7, 11) is 0. The van der Waals surface area contributed by atoms with Gasteiger partial charge in [-0.3, -0.25) is 9.69 Å². The van der Waals surface area contributed by atoms with Gasteiger partial charge in [-0.2, -0.15) is 13.2 Å². The third-order valence-corrected chi connectivity index (χ3v) is 3.43. The zero-order valence-corrected chi connectivity index (χ0v) is 14.3. The molecule has 2 N–H and O–H groups in total. The summed E-state index contributed by atoms with van der Waals surface area (Å²) in [4.78, 5) is 13.7. The number of alkyl halides is 3. The van der Waals surface area contributed by atoms with Crippen LogP contribution in [0.25, 0.3) is 0 Å². The van der Waals surface area contributed by atoms with E-state index in [0.717, 1.165) is 38.3 Å². The Labute approximate surface area is 149 Å². The summed E-state index contributed by atoms with van der Waals surface area (Å²) in [6.07, 6.45) is -4.65. The van der Waals surface area contributed by atoms with E-state index in [2.05, 4.69) is 10.6 Å². The molecule has 10 heteroatoms. The number of nitrogens with one attached hydrogen (secondary N) is 2. The summed E-state index contributed by atoms with van der Waals surface area (Å²) in [5.74, 6) is -1.30. The van der Waals surface area contributed by atoms with Crippen molar-refractivity contribution in [3.63, 3.8) is 0 Å². The molecule has 1 aromatic carbocycles. The quantitative estimate of drug-likeness (QED) is 0.773. The second-order valence-corrected chi connectivity index (χ2v) is 5.10. The van der Waals surface area contributed by atoms with Crippen LogP contribution in [0.15, 0.2) is 18.2 Å². The molecule has 24 heavy (non-hydrogen) atoms. The third kappa shape index (κ3) is 6.80. The zero-order valence-electron chi connectivity index (χ0n) is 12.7. The summed E-state index contributed by atoms with van der Waals surface area (Å²) >= 11 is 0. The molecule has 0 unspecified atom stereocenters. The molecule has 1 aromatic rings. The highest BCUT2D eigenvalue weighted by Crippen LogP contribution is 2.32. The molecule has 0 bridgehead atoms. The molecule has 1 amide bonds. The van der Waals surface area contributed by atoms with Crippen molar-refractivity contribution in [3.05, 3.63) is 35.1 Å². The smallest absolute Gasteiger partial charge is 0.351 e. The molecule has 0 aliphatic carbocycles. The van der Waals surface area contributed by atoms with E-state index in [0.29, 0.717) is 6.07 Å². The van der Waals surface area contributed by atoms with Crippen LogP contribution in [0.3, 0.4) is 0 Å². The van der Waals surface area contributed by atoms with Crippen molar-refractivity contribution in [1.82, 2.24) is 15.5 Å². The molecule has 0 aromatic heterocycles. The van der Waals surface area contributed by atoms with E-state index in [1.165, 1.54) is 0 Å². The van der Waals surface area contributed by atoms with E-state index in [-0.39, 0.29) is 49.4 Å². The molecule has 1 aliphatic heterocycles. The van der Waals surface area contributed by atoms with Gasteiger partial charge in [0.2, 0.25) is 5.91 Å². The molecule has 1 saturated heterocycles. The van der Waals surface area contributed by atoms with E-state index in [4.69, 9.17) is 0 Å². The maximum atomic E-state index is 13.0. The first-order valence-corrected chi connectivity index (χ1v) is 6.91. The third-order valence-electron chi connectivity index (χ3n) is 3.43. The predicted octanol–water partition coefficient (Wildman–Crippen LogP) is 2.21. The summed E-state index contributed by atoms with van der Waals surface area (Å²) in [6.45, 7) is 2.87. The van der Waals surface area contributed by atoms with Gasteiger partial charge in [-0.1, -0.05) is 6.07 Å². The lowest BCUT2D eigenvalue weighted by atomic mass is 10.1. The summed E-state index contributed by atoms with van der Waals surface area (Å²) in [6, 6.07) is 2.44. The van der Waals surface area contributed by atoms with Crippen molar-refractivity contribution in [2.24, 2.45) is 0 Å². The van der Waals surface area contributed by atoms with Crippen LogP contribution in [-0.2, 0) is 17.5 Å². The predicted molar refractivity (Wildman–Crippen MR) is 87.1 cm³/mol. The van der Waals surface area contributed by atoms with Crippen molar-refractivity contribution < 1.29 is 22.4 Å². The Morgan fingerprint density at radius 3 is 2.42 bits per heavy atom. The molecule has 2 rings (SSSR count). The lowest BCUT2D eigenvalue weighted by Gasteiger charge is -2.26. The molecule has 0 atom stereocenters. The number of benzene rings is 1. The minimum atomic E-state index is -4.65. The Balaban J connectivity index is 0.00000264. The fourth-order valence-corrected chi connectivity index (χ4v) is 2.29. The van der Waals surface area contributed by atoms with Gasteiger partial charge < -0.3 is 10.6 Å². The van der Waals surface area contributed by atoms with Gasteiger partial charge >= 0.3 is 6.18 Å². The van der Waals surface area contributed by atoms with E-state index in [1.807, 2.05) is 4.90 Å². The van der Waals surface area contributed by atoms with E-state index >= 15 is 0 Å². The minimum absolute atomic E-state index is 0. The monoisotopic (exact) mass is 391 g/mol. The van der Waals surface area contributed by atoms with Crippen molar-refractivity contribution in [3.8, 4) is 0 Å². The molecule has 4 nitrogen and oxygen atoms in total. The largest absolute Gasteiger partial charge is 0.416 e. The normalized spacial score (nSPS) is 15.2. The number of hydrogen-bond acceptors (Lipinski definition) is 3. The highest BCUT2D eigenvalue weighted by atomic mass is 35.5. The van der Waals surface area contributed by atoms with Crippen LogP contribution in [0.4, 0.5) is 17.6 Å². The van der Waals surface area contributed by atoms with Crippen LogP contribution >= 0.6 is 24.8 Å². The lowest BCUT2D eigenvalue weighted by molar-refractivity contribution is -0.138. The zero-order chi connectivity index (χ0) is 16.2. The molecule has 0 saturated carbocycles. The molecule has 0 spiro atoms. The molecular formula is C14H19Cl2F4N3O. The second kappa shape index (κ2) is 10.0. The summed E-state index contributed by atoms with van der Waals surface area (Å²) in [5, 5.41) is 5.60. The Hall–Kier alpha value is -1.09. The Morgan fingerprint density at radius 2 is 1.83 bits per heavy atom. The fraction of sp³-hybridized carbons (Fsp3) is 0.500. The highest BCUT2D eigenvalue weighted by molar-refractivity contribution is 5.85. The molecule has 138 valence electrons. The fourth-order valence-electron chi connectivity index (χ4n) is 2.29. The van der Waals surface area contributed by atoms with Gasteiger partial charge in [0, 0.05) is 32.7 Å². The van der Waals surface area contributed by atoms with Crippen LogP contribution in [0.5, 0.6) is 0 Å². The van der Waals surface area contributed by atoms with Gasteiger partial charge in [-0.05, 0) is 17.7 Å². The van der Waals surface area contributed by atoms with Crippen LogP contribution in [0.2, 0.25) is 0 Å². The summed E-state index contributed by atoms with van der Waals surface area (Å²) in [5.41, 5.74) is -1.21. The standard InChI is InChI=1S/C14H17F4N3O.2ClH/c15-11-2-1-10(12(7-11)14(16,17)18)8-20-13(22)9-21-5-3-19-4-6-21;;/h1-2,7,19H,3-6,8-9H2,(H,20,22);2*1H. The van der Waals surface area contributed by atoms with Crippen molar-refractivity contribution >= 4 is 30.7 Å². The Bertz CT molecular complexity index is 537. The number of amides is 1. The topological polar surface area (TPSA) is 44.4 Å². The number of halogens is 6. The van der Waals surface area contributed by atoms with Gasteiger partial charge in [0.15, 0.2) is 0 Å². The number of hydrogen-bond donors (Lipinski definition) is 2. The van der Waals surface area contributed by atoms with Crippen molar-refractivity contribution in [2.75, 3.05) is 32.7 Å². The SMILES string of the molecule is Cl.Cl.O=C(CN1CCNCC1)NCc1ccc(F)cc1C(F)(F)F. The number of rotatable bonds is 4.